The van der Waals surface area contributed by atoms with E-state index >= 15 is 0 Å². The van der Waals surface area contributed by atoms with Gasteiger partial charge in [-0.05, 0) is 31.7 Å². The van der Waals surface area contributed by atoms with Gasteiger partial charge in [-0.25, -0.2) is 0 Å². The Morgan fingerprint density at radius 3 is 2.62 bits per heavy atom. The van der Waals surface area contributed by atoms with E-state index in [1.54, 1.807) is 7.11 Å². The van der Waals surface area contributed by atoms with Gasteiger partial charge in [-0.2, -0.15) is 0 Å². The number of methoxy groups -OCH3 is 1. The zero-order valence-corrected chi connectivity index (χ0v) is 12.8. The maximum atomic E-state index is 12.4. The molecule has 0 spiro atoms. The summed E-state index contributed by atoms with van der Waals surface area (Å²) in [6.45, 7) is 3.19. The Kier molecular flexibility index (Phi) is 5.12. The van der Waals surface area contributed by atoms with E-state index in [4.69, 9.17) is 4.74 Å². The topological polar surface area (TPSA) is 29.5 Å². The average molecular weight is 283 g/mol. The number of likely N-dealkylation sites (N-methyl/N-ethyl adjacent to an activating group) is 1. The van der Waals surface area contributed by atoms with E-state index in [1.165, 1.54) is 11.1 Å². The van der Waals surface area contributed by atoms with E-state index in [1.807, 2.05) is 42.3 Å². The van der Waals surface area contributed by atoms with Crippen LogP contribution >= 0.6 is 0 Å². The number of Topliss-reactive ketones (excluding diaryl/α,β-unsaturated/α-hetero) is 1. The van der Waals surface area contributed by atoms with Gasteiger partial charge in [0, 0.05) is 6.54 Å². The van der Waals surface area contributed by atoms with Crippen molar-refractivity contribution in [3.63, 3.8) is 0 Å². The van der Waals surface area contributed by atoms with Gasteiger partial charge >= 0.3 is 0 Å². The Balaban J connectivity index is 2.02. The Labute approximate surface area is 126 Å². The normalized spacial score (nSPS) is 10.7. The largest absolute Gasteiger partial charge is 0.496 e. The van der Waals surface area contributed by atoms with Gasteiger partial charge in [0.1, 0.15) is 5.75 Å². The molecule has 0 radical (unpaired) electrons. The van der Waals surface area contributed by atoms with Crippen molar-refractivity contribution in [1.82, 2.24) is 4.90 Å². The number of ketones is 1. The molecular formula is C18H21NO2. The summed E-state index contributed by atoms with van der Waals surface area (Å²) >= 11 is 0. The smallest absolute Gasteiger partial charge is 0.180 e. The fourth-order valence-corrected chi connectivity index (χ4v) is 2.38. The summed E-state index contributed by atoms with van der Waals surface area (Å²) in [5.41, 5.74) is 3.08. The van der Waals surface area contributed by atoms with Gasteiger partial charge in [-0.1, -0.05) is 42.0 Å². The van der Waals surface area contributed by atoms with Crippen molar-refractivity contribution in [2.45, 2.75) is 13.5 Å². The maximum absolute atomic E-state index is 12.4. The molecule has 0 saturated carbocycles. The molecule has 0 aromatic heterocycles. The predicted molar refractivity (Wildman–Crippen MR) is 84.8 cm³/mol. The van der Waals surface area contributed by atoms with E-state index in [2.05, 4.69) is 25.1 Å². The molecule has 110 valence electrons. The van der Waals surface area contributed by atoms with Gasteiger partial charge in [0.15, 0.2) is 5.78 Å². The highest BCUT2D eigenvalue weighted by molar-refractivity contribution is 6.00. The van der Waals surface area contributed by atoms with Crippen LogP contribution in [0.3, 0.4) is 0 Å². The van der Waals surface area contributed by atoms with Crippen molar-refractivity contribution in [2.75, 3.05) is 20.7 Å². The molecule has 0 fully saturated rings. The molecule has 0 bridgehead atoms. The number of hydrogen-bond acceptors (Lipinski definition) is 3. The third kappa shape index (κ3) is 4.17. The van der Waals surface area contributed by atoms with Crippen LogP contribution in [0.5, 0.6) is 5.75 Å². The number of aryl methyl sites for hydroxylation is 1. The zero-order valence-electron chi connectivity index (χ0n) is 12.8. The number of carbonyl (C=O) groups excluding carboxylic acids is 1. The Bertz CT molecular complexity index is 622. The van der Waals surface area contributed by atoms with Crippen LogP contribution in [0.25, 0.3) is 0 Å². The van der Waals surface area contributed by atoms with Gasteiger partial charge in [-0.15, -0.1) is 0 Å². The second-order valence-electron chi connectivity index (χ2n) is 5.28. The zero-order chi connectivity index (χ0) is 15.2. The van der Waals surface area contributed by atoms with E-state index < -0.39 is 0 Å². The summed E-state index contributed by atoms with van der Waals surface area (Å²) < 4.78 is 5.24. The number of nitrogens with zero attached hydrogens (tertiary/aromatic N) is 1. The van der Waals surface area contributed by atoms with Crippen LogP contribution in [0.15, 0.2) is 48.5 Å². The van der Waals surface area contributed by atoms with E-state index in [9.17, 15) is 4.79 Å². The number of rotatable bonds is 6. The van der Waals surface area contributed by atoms with Crippen LogP contribution in [-0.2, 0) is 6.54 Å². The summed E-state index contributed by atoms with van der Waals surface area (Å²) in [6.07, 6.45) is 0. The quantitative estimate of drug-likeness (QED) is 0.762. The number of ether oxygens (including phenoxy) is 1. The van der Waals surface area contributed by atoms with E-state index in [0.717, 1.165) is 6.54 Å². The molecule has 0 aliphatic rings. The van der Waals surface area contributed by atoms with Crippen molar-refractivity contribution >= 4 is 5.78 Å². The minimum Gasteiger partial charge on any atom is -0.496 e. The summed E-state index contributed by atoms with van der Waals surface area (Å²) in [5, 5.41) is 0. The van der Waals surface area contributed by atoms with Crippen LogP contribution in [0, 0.1) is 6.92 Å². The van der Waals surface area contributed by atoms with Gasteiger partial charge in [0.25, 0.3) is 0 Å². The number of para-hydroxylation sites is 1. The lowest BCUT2D eigenvalue weighted by Crippen LogP contribution is -2.25. The van der Waals surface area contributed by atoms with Gasteiger partial charge in [0.2, 0.25) is 0 Å². The van der Waals surface area contributed by atoms with Crippen molar-refractivity contribution in [3.05, 3.63) is 65.2 Å². The summed E-state index contributed by atoms with van der Waals surface area (Å²) in [7, 11) is 3.54. The first-order valence-corrected chi connectivity index (χ1v) is 7.00. The molecule has 2 aromatic rings. The maximum Gasteiger partial charge on any atom is 0.180 e. The summed E-state index contributed by atoms with van der Waals surface area (Å²) in [4.78, 5) is 14.4. The molecule has 0 atom stereocenters. The monoisotopic (exact) mass is 283 g/mol. The van der Waals surface area contributed by atoms with Crippen LogP contribution in [0.4, 0.5) is 0 Å². The number of hydrogen-bond donors (Lipinski definition) is 0. The molecular weight excluding hydrogens is 262 g/mol. The molecule has 0 unspecified atom stereocenters. The third-order valence-electron chi connectivity index (χ3n) is 3.36. The van der Waals surface area contributed by atoms with Gasteiger partial charge < -0.3 is 4.74 Å². The minimum atomic E-state index is 0.0719. The van der Waals surface area contributed by atoms with E-state index in [0.29, 0.717) is 17.9 Å². The molecule has 0 amide bonds. The number of benzene rings is 2. The molecule has 0 saturated heterocycles. The van der Waals surface area contributed by atoms with Crippen molar-refractivity contribution in [1.29, 1.82) is 0 Å². The Morgan fingerprint density at radius 2 is 1.90 bits per heavy atom. The van der Waals surface area contributed by atoms with Crippen molar-refractivity contribution in [3.8, 4) is 5.75 Å². The molecule has 0 aliphatic carbocycles. The first kappa shape index (κ1) is 15.3. The predicted octanol–water partition coefficient (Wildman–Crippen LogP) is 3.32. The lowest BCUT2D eigenvalue weighted by molar-refractivity contribution is 0.0940. The highest BCUT2D eigenvalue weighted by Crippen LogP contribution is 2.18. The molecule has 0 heterocycles. The first-order chi connectivity index (χ1) is 10.1. The number of carbonyl (C=O) groups is 1. The highest BCUT2D eigenvalue weighted by atomic mass is 16.5. The molecule has 2 aromatic carbocycles. The standard InChI is InChI=1S/C18H21NO2/c1-14-7-6-8-15(11-14)12-19(2)13-17(20)16-9-4-5-10-18(16)21-3/h4-11H,12-13H2,1-3H3. The highest BCUT2D eigenvalue weighted by Gasteiger charge is 2.13. The molecule has 3 heteroatoms. The summed E-state index contributed by atoms with van der Waals surface area (Å²) in [6, 6.07) is 15.7. The minimum absolute atomic E-state index is 0.0719. The Morgan fingerprint density at radius 1 is 1.14 bits per heavy atom. The third-order valence-corrected chi connectivity index (χ3v) is 3.36. The van der Waals surface area contributed by atoms with Crippen LogP contribution < -0.4 is 4.74 Å². The van der Waals surface area contributed by atoms with Crippen molar-refractivity contribution in [2.24, 2.45) is 0 Å². The lowest BCUT2D eigenvalue weighted by atomic mass is 10.1. The van der Waals surface area contributed by atoms with Crippen LogP contribution in [0.1, 0.15) is 21.5 Å². The Hall–Kier alpha value is -2.13. The van der Waals surface area contributed by atoms with Crippen molar-refractivity contribution < 1.29 is 9.53 Å². The van der Waals surface area contributed by atoms with Crippen LogP contribution in [-0.4, -0.2) is 31.4 Å². The first-order valence-electron chi connectivity index (χ1n) is 7.00. The molecule has 3 nitrogen and oxygen atoms in total. The average Bonchev–Trinajstić information content (AvgIpc) is 2.47. The molecule has 2 rings (SSSR count). The van der Waals surface area contributed by atoms with Gasteiger partial charge in [-0.3, -0.25) is 9.69 Å². The van der Waals surface area contributed by atoms with Crippen LogP contribution in [0.2, 0.25) is 0 Å². The second kappa shape index (κ2) is 7.04. The SMILES string of the molecule is COc1ccccc1C(=O)CN(C)Cc1cccc(C)c1. The second-order valence-corrected chi connectivity index (χ2v) is 5.28. The van der Waals surface area contributed by atoms with Gasteiger partial charge in [0.05, 0.1) is 19.2 Å². The molecule has 21 heavy (non-hydrogen) atoms. The fourth-order valence-electron chi connectivity index (χ4n) is 2.38. The molecule has 0 N–H and O–H groups in total. The van der Waals surface area contributed by atoms with E-state index in [-0.39, 0.29) is 5.78 Å². The lowest BCUT2D eigenvalue weighted by Gasteiger charge is -2.17. The fraction of sp³-hybridized carbons (Fsp3) is 0.278. The molecule has 0 aliphatic heterocycles. The summed E-state index contributed by atoms with van der Waals surface area (Å²) in [5.74, 6) is 0.703.